The minimum atomic E-state index is 0.498. The van der Waals surface area contributed by atoms with Gasteiger partial charge in [0, 0.05) is 5.57 Å². The summed E-state index contributed by atoms with van der Waals surface area (Å²) in [6.45, 7) is 3.95. The second kappa shape index (κ2) is 8.67. The molecule has 3 nitrogen and oxygen atoms in total. The van der Waals surface area contributed by atoms with Crippen molar-refractivity contribution in [3.05, 3.63) is 102 Å². The zero-order valence-electron chi connectivity index (χ0n) is 14.9. The lowest BCUT2D eigenvalue weighted by molar-refractivity contribution is 0.473. The summed E-state index contributed by atoms with van der Waals surface area (Å²) in [5, 5.41) is 0. The third-order valence-electron chi connectivity index (χ3n) is 3.64. The number of nitrogens with zero attached hydrogens (tertiary/aromatic N) is 1. The van der Waals surface area contributed by atoms with Gasteiger partial charge in [-0.2, -0.15) is 0 Å². The fraction of sp³-hybridized carbons (Fsp3) is 0.0870. The average molecular weight is 343 g/mol. The van der Waals surface area contributed by atoms with Crippen molar-refractivity contribution in [2.75, 3.05) is 0 Å². The molecule has 0 amide bonds. The Morgan fingerprint density at radius 3 is 2.15 bits per heavy atom. The zero-order chi connectivity index (χ0) is 18.2. The number of hydrogen-bond donors (Lipinski definition) is 0. The molecule has 3 aromatic rings. The van der Waals surface area contributed by atoms with E-state index >= 15 is 0 Å². The molecular weight excluding hydrogens is 322 g/mol. The molecule has 0 unspecified atom stereocenters. The Labute approximate surface area is 154 Å². The zero-order valence-corrected chi connectivity index (χ0v) is 14.9. The number of rotatable bonds is 5. The minimum absolute atomic E-state index is 0.498. The number of ether oxygens (including phenoxy) is 2. The van der Waals surface area contributed by atoms with Gasteiger partial charge >= 0.3 is 0 Å². The molecule has 0 fully saturated rings. The van der Waals surface area contributed by atoms with Gasteiger partial charge in [0.1, 0.15) is 11.5 Å². The molecule has 0 atom stereocenters. The molecular formula is C23H21NO2. The third kappa shape index (κ3) is 5.08. The number of benzene rings is 3. The minimum Gasteiger partial charge on any atom is -0.465 e. The quantitative estimate of drug-likeness (QED) is 0.319. The Kier molecular flexibility index (Phi) is 5.84. The van der Waals surface area contributed by atoms with Crippen LogP contribution in [0.25, 0.3) is 0 Å². The second-order valence-electron chi connectivity index (χ2n) is 5.90. The standard InChI is InChI=1S/C23H21NO2/c1-18-10-9-15-22(16-18)26-23(24-20-11-5-3-6-12-20)19(2)17-25-21-13-7-4-8-14-21/h3-17H,1-2H3/b19-17+,24-23+. The van der Waals surface area contributed by atoms with Gasteiger partial charge in [0.25, 0.3) is 0 Å². The SMILES string of the molecule is CC(=C\Oc1ccccc1)/C(=N\c1ccccc1)Oc1cccc(C)c1. The van der Waals surface area contributed by atoms with Gasteiger partial charge in [-0.1, -0.05) is 48.5 Å². The van der Waals surface area contributed by atoms with Crippen LogP contribution in [0.4, 0.5) is 5.69 Å². The maximum Gasteiger partial charge on any atom is 0.225 e. The van der Waals surface area contributed by atoms with Crippen LogP contribution >= 0.6 is 0 Å². The summed E-state index contributed by atoms with van der Waals surface area (Å²) >= 11 is 0. The molecule has 130 valence electrons. The Morgan fingerprint density at radius 1 is 0.808 bits per heavy atom. The second-order valence-corrected chi connectivity index (χ2v) is 5.90. The van der Waals surface area contributed by atoms with Gasteiger partial charge in [-0.3, -0.25) is 0 Å². The Hall–Kier alpha value is -3.33. The fourth-order valence-corrected chi connectivity index (χ4v) is 2.31. The fourth-order valence-electron chi connectivity index (χ4n) is 2.31. The highest BCUT2D eigenvalue weighted by molar-refractivity contribution is 5.96. The van der Waals surface area contributed by atoms with Gasteiger partial charge < -0.3 is 9.47 Å². The molecule has 0 N–H and O–H groups in total. The largest absolute Gasteiger partial charge is 0.465 e. The number of aryl methyl sites for hydroxylation is 1. The first kappa shape index (κ1) is 17.5. The Balaban J connectivity index is 1.88. The molecule has 0 radical (unpaired) electrons. The summed E-state index contributed by atoms with van der Waals surface area (Å²) in [5.41, 5.74) is 2.74. The lowest BCUT2D eigenvalue weighted by Gasteiger charge is -2.11. The van der Waals surface area contributed by atoms with Crippen LogP contribution in [0.15, 0.2) is 102 Å². The van der Waals surface area contributed by atoms with Crippen molar-refractivity contribution in [2.24, 2.45) is 4.99 Å². The molecule has 0 bridgehead atoms. The summed E-state index contributed by atoms with van der Waals surface area (Å²) in [6.07, 6.45) is 1.66. The molecule has 0 aromatic heterocycles. The summed E-state index contributed by atoms with van der Waals surface area (Å²) in [7, 11) is 0. The highest BCUT2D eigenvalue weighted by atomic mass is 16.5. The lowest BCUT2D eigenvalue weighted by atomic mass is 10.2. The van der Waals surface area contributed by atoms with Crippen LogP contribution in [-0.2, 0) is 0 Å². The van der Waals surface area contributed by atoms with Gasteiger partial charge in [-0.05, 0) is 55.8 Å². The van der Waals surface area contributed by atoms with E-state index in [0.717, 1.165) is 28.3 Å². The first-order valence-corrected chi connectivity index (χ1v) is 8.48. The molecule has 3 aromatic carbocycles. The Bertz CT molecular complexity index is 900. The summed E-state index contributed by atoms with van der Waals surface area (Å²) in [4.78, 5) is 4.64. The van der Waals surface area contributed by atoms with E-state index in [4.69, 9.17) is 9.47 Å². The van der Waals surface area contributed by atoms with E-state index in [0.29, 0.717) is 5.90 Å². The van der Waals surface area contributed by atoms with Crippen LogP contribution in [0.3, 0.4) is 0 Å². The maximum atomic E-state index is 6.05. The Morgan fingerprint density at radius 2 is 1.46 bits per heavy atom. The van der Waals surface area contributed by atoms with E-state index in [-0.39, 0.29) is 0 Å². The van der Waals surface area contributed by atoms with E-state index in [2.05, 4.69) is 4.99 Å². The van der Waals surface area contributed by atoms with E-state index in [1.807, 2.05) is 98.8 Å². The van der Waals surface area contributed by atoms with Gasteiger partial charge in [-0.25, -0.2) is 4.99 Å². The van der Waals surface area contributed by atoms with Gasteiger partial charge in [0.15, 0.2) is 0 Å². The predicted molar refractivity (Wildman–Crippen MR) is 106 cm³/mol. The maximum absolute atomic E-state index is 6.05. The van der Waals surface area contributed by atoms with Crippen LogP contribution < -0.4 is 9.47 Å². The van der Waals surface area contributed by atoms with Gasteiger partial charge in [0.05, 0.1) is 11.9 Å². The molecule has 0 spiro atoms. The first-order chi connectivity index (χ1) is 12.7. The van der Waals surface area contributed by atoms with Crippen LogP contribution in [0.2, 0.25) is 0 Å². The van der Waals surface area contributed by atoms with Crippen molar-refractivity contribution in [3.8, 4) is 11.5 Å². The lowest BCUT2D eigenvalue weighted by Crippen LogP contribution is -2.11. The topological polar surface area (TPSA) is 30.8 Å². The molecule has 0 heterocycles. The van der Waals surface area contributed by atoms with Gasteiger partial charge in [-0.15, -0.1) is 0 Å². The van der Waals surface area contributed by atoms with E-state index in [9.17, 15) is 0 Å². The van der Waals surface area contributed by atoms with Crippen molar-refractivity contribution in [1.82, 2.24) is 0 Å². The average Bonchev–Trinajstić information content (AvgIpc) is 2.67. The molecule has 3 rings (SSSR count). The molecule has 0 saturated carbocycles. The number of hydrogen-bond acceptors (Lipinski definition) is 3. The molecule has 0 aliphatic rings. The third-order valence-corrected chi connectivity index (χ3v) is 3.64. The first-order valence-electron chi connectivity index (χ1n) is 8.48. The number of para-hydroxylation sites is 2. The predicted octanol–water partition coefficient (Wildman–Crippen LogP) is 6.09. The van der Waals surface area contributed by atoms with E-state index in [1.54, 1.807) is 6.26 Å². The monoisotopic (exact) mass is 343 g/mol. The summed E-state index contributed by atoms with van der Waals surface area (Å²) in [5.74, 6) is 2.01. The smallest absolute Gasteiger partial charge is 0.225 e. The van der Waals surface area contributed by atoms with Crippen LogP contribution in [-0.4, -0.2) is 5.90 Å². The van der Waals surface area contributed by atoms with Gasteiger partial charge in [0.2, 0.25) is 5.90 Å². The van der Waals surface area contributed by atoms with Crippen molar-refractivity contribution in [3.63, 3.8) is 0 Å². The van der Waals surface area contributed by atoms with Crippen LogP contribution in [0.5, 0.6) is 11.5 Å². The highest BCUT2D eigenvalue weighted by Gasteiger charge is 2.08. The van der Waals surface area contributed by atoms with Crippen molar-refractivity contribution >= 4 is 11.6 Å². The van der Waals surface area contributed by atoms with Crippen LogP contribution in [0.1, 0.15) is 12.5 Å². The molecule has 0 saturated heterocycles. The molecule has 0 aliphatic heterocycles. The summed E-state index contributed by atoms with van der Waals surface area (Å²) in [6, 6.07) is 27.2. The summed E-state index contributed by atoms with van der Waals surface area (Å²) < 4.78 is 11.8. The molecule has 3 heteroatoms. The number of aliphatic imine (C=N–C) groups is 1. The van der Waals surface area contributed by atoms with Crippen molar-refractivity contribution < 1.29 is 9.47 Å². The highest BCUT2D eigenvalue weighted by Crippen LogP contribution is 2.19. The normalized spacial score (nSPS) is 11.9. The van der Waals surface area contributed by atoms with E-state index in [1.165, 1.54) is 0 Å². The van der Waals surface area contributed by atoms with E-state index < -0.39 is 0 Å². The van der Waals surface area contributed by atoms with Crippen molar-refractivity contribution in [1.29, 1.82) is 0 Å². The van der Waals surface area contributed by atoms with Crippen LogP contribution in [0, 0.1) is 6.92 Å². The van der Waals surface area contributed by atoms with Crippen molar-refractivity contribution in [2.45, 2.75) is 13.8 Å². The molecule has 0 aliphatic carbocycles. The molecule has 26 heavy (non-hydrogen) atoms.